The fourth-order valence-corrected chi connectivity index (χ4v) is 3.47. The van der Waals surface area contributed by atoms with Crippen LogP contribution in [-0.2, 0) is 0 Å². The van der Waals surface area contributed by atoms with E-state index in [2.05, 4.69) is 35.6 Å². The number of rotatable bonds is 1. The highest BCUT2D eigenvalue weighted by molar-refractivity contribution is 7.19. The van der Waals surface area contributed by atoms with Crippen LogP contribution in [0.5, 0.6) is 0 Å². The van der Waals surface area contributed by atoms with E-state index >= 15 is 0 Å². The van der Waals surface area contributed by atoms with Crippen molar-refractivity contribution in [2.45, 2.75) is 18.8 Å². The second-order valence-electron chi connectivity index (χ2n) is 4.13. The van der Waals surface area contributed by atoms with Gasteiger partial charge in [0.2, 0.25) is 0 Å². The Bertz CT molecular complexity index is 421. The average molecular weight is 216 g/mol. The van der Waals surface area contributed by atoms with Gasteiger partial charge in [-0.25, -0.2) is 5.32 Å². The highest BCUT2D eigenvalue weighted by Crippen LogP contribution is 2.35. The molecule has 0 saturated carbocycles. The smallest absolute Gasteiger partial charge is 0.0345 e. The van der Waals surface area contributed by atoms with Crippen LogP contribution in [0.4, 0.5) is 0 Å². The lowest BCUT2D eigenvalue weighted by Crippen LogP contribution is -2.20. The highest BCUT2D eigenvalue weighted by Gasteiger charge is 2.17. The van der Waals surface area contributed by atoms with E-state index in [1.165, 1.54) is 22.9 Å². The van der Waals surface area contributed by atoms with Crippen molar-refractivity contribution in [2.75, 3.05) is 13.1 Å². The number of hydrogen-bond acceptors (Lipinski definition) is 1. The maximum absolute atomic E-state index is 4.41. The maximum Gasteiger partial charge on any atom is 0.0345 e. The van der Waals surface area contributed by atoms with Crippen LogP contribution in [0.2, 0.25) is 0 Å². The standard InChI is InChI=1S/C13H14NS/c1-2-4-12-11(3-1)9-13(15-12)10-5-7-14-8-6-10/h1-4,9-10H,5-8H2. The van der Waals surface area contributed by atoms with E-state index in [1.54, 1.807) is 4.88 Å². The Labute approximate surface area is 94.1 Å². The Morgan fingerprint density at radius 2 is 1.93 bits per heavy atom. The zero-order chi connectivity index (χ0) is 10.1. The molecule has 1 saturated heterocycles. The van der Waals surface area contributed by atoms with E-state index in [1.807, 2.05) is 11.3 Å². The van der Waals surface area contributed by atoms with Gasteiger partial charge < -0.3 is 0 Å². The van der Waals surface area contributed by atoms with Crippen molar-refractivity contribution in [1.29, 1.82) is 0 Å². The third kappa shape index (κ3) is 1.80. The van der Waals surface area contributed by atoms with Gasteiger partial charge in [-0.1, -0.05) is 18.2 Å². The van der Waals surface area contributed by atoms with Crippen molar-refractivity contribution in [3.8, 4) is 0 Å². The van der Waals surface area contributed by atoms with Crippen LogP contribution < -0.4 is 5.32 Å². The second-order valence-corrected chi connectivity index (χ2v) is 5.25. The van der Waals surface area contributed by atoms with E-state index in [9.17, 15) is 0 Å². The van der Waals surface area contributed by atoms with Crippen LogP contribution in [0.15, 0.2) is 30.3 Å². The Morgan fingerprint density at radius 1 is 1.13 bits per heavy atom. The van der Waals surface area contributed by atoms with Gasteiger partial charge in [-0.3, -0.25) is 0 Å². The molecule has 2 heterocycles. The van der Waals surface area contributed by atoms with Crippen molar-refractivity contribution >= 4 is 21.4 Å². The van der Waals surface area contributed by atoms with Crippen LogP contribution in [0.1, 0.15) is 23.6 Å². The summed E-state index contributed by atoms with van der Waals surface area (Å²) >= 11 is 1.96. The van der Waals surface area contributed by atoms with E-state index in [0.717, 1.165) is 19.0 Å². The lowest BCUT2D eigenvalue weighted by molar-refractivity contribution is 0.458. The molecule has 1 aromatic heterocycles. The molecule has 0 bridgehead atoms. The normalized spacial score (nSPS) is 18.4. The molecule has 77 valence electrons. The fourth-order valence-electron chi connectivity index (χ4n) is 2.24. The molecular formula is C13H14NS. The molecule has 1 aliphatic rings. The number of hydrogen-bond donors (Lipinski definition) is 0. The lowest BCUT2D eigenvalue weighted by atomic mass is 9.96. The minimum Gasteiger partial charge on any atom is -0.242 e. The number of benzene rings is 1. The SMILES string of the molecule is c1ccc2sc(C3CC[N]CC3)cc2c1. The minimum absolute atomic E-state index is 0.764. The first kappa shape index (κ1) is 9.37. The number of piperidine rings is 1. The van der Waals surface area contributed by atoms with Gasteiger partial charge in [0.05, 0.1) is 0 Å². The fraction of sp³-hybridized carbons (Fsp3) is 0.385. The molecule has 1 nitrogen and oxygen atoms in total. The molecular weight excluding hydrogens is 202 g/mol. The van der Waals surface area contributed by atoms with Crippen LogP contribution in [0.25, 0.3) is 10.1 Å². The maximum atomic E-state index is 4.41. The third-order valence-corrected chi connectivity index (χ3v) is 4.40. The van der Waals surface area contributed by atoms with Gasteiger partial charge in [-0.15, -0.1) is 11.3 Å². The van der Waals surface area contributed by atoms with Crippen LogP contribution in [0.3, 0.4) is 0 Å². The van der Waals surface area contributed by atoms with Gasteiger partial charge in [-0.05, 0) is 36.3 Å². The van der Waals surface area contributed by atoms with Gasteiger partial charge >= 0.3 is 0 Å². The zero-order valence-corrected chi connectivity index (χ0v) is 9.46. The van der Waals surface area contributed by atoms with Gasteiger partial charge in [0, 0.05) is 22.7 Å². The Balaban J connectivity index is 1.96. The highest BCUT2D eigenvalue weighted by atomic mass is 32.1. The molecule has 0 amide bonds. The van der Waals surface area contributed by atoms with Crippen molar-refractivity contribution in [3.63, 3.8) is 0 Å². The first-order valence-electron chi connectivity index (χ1n) is 5.55. The predicted molar refractivity (Wildman–Crippen MR) is 65.7 cm³/mol. The molecule has 3 rings (SSSR count). The summed E-state index contributed by atoms with van der Waals surface area (Å²) in [5.74, 6) is 0.764. The largest absolute Gasteiger partial charge is 0.242 e. The van der Waals surface area contributed by atoms with E-state index in [0.29, 0.717) is 0 Å². The molecule has 0 aliphatic carbocycles. The summed E-state index contributed by atoms with van der Waals surface area (Å²) in [6.07, 6.45) is 2.49. The first-order valence-corrected chi connectivity index (χ1v) is 6.37. The first-order chi connectivity index (χ1) is 7.43. The summed E-state index contributed by atoms with van der Waals surface area (Å²) in [5, 5.41) is 5.81. The number of nitrogens with zero attached hydrogens (tertiary/aromatic N) is 1. The average Bonchev–Trinajstić information content (AvgIpc) is 2.74. The zero-order valence-electron chi connectivity index (χ0n) is 8.65. The van der Waals surface area contributed by atoms with Crippen molar-refractivity contribution in [2.24, 2.45) is 0 Å². The van der Waals surface area contributed by atoms with Crippen LogP contribution in [-0.4, -0.2) is 13.1 Å². The summed E-state index contributed by atoms with van der Waals surface area (Å²) in [7, 11) is 0. The number of fused-ring (bicyclic) bond motifs is 1. The molecule has 1 aliphatic heterocycles. The molecule has 1 fully saturated rings. The monoisotopic (exact) mass is 216 g/mol. The molecule has 15 heavy (non-hydrogen) atoms. The van der Waals surface area contributed by atoms with Gasteiger partial charge in [0.25, 0.3) is 0 Å². The molecule has 0 spiro atoms. The third-order valence-electron chi connectivity index (χ3n) is 3.12. The molecule has 2 heteroatoms. The second kappa shape index (κ2) is 3.95. The van der Waals surface area contributed by atoms with E-state index < -0.39 is 0 Å². The molecule has 0 unspecified atom stereocenters. The predicted octanol–water partition coefficient (Wildman–Crippen LogP) is 3.38. The van der Waals surface area contributed by atoms with Crippen molar-refractivity contribution < 1.29 is 0 Å². The quantitative estimate of drug-likeness (QED) is 0.694. The number of thiophene rings is 1. The molecule has 0 atom stereocenters. The Hall–Kier alpha value is -0.860. The molecule has 0 N–H and O–H groups in total. The lowest BCUT2D eigenvalue weighted by Gasteiger charge is -2.19. The van der Waals surface area contributed by atoms with Crippen LogP contribution >= 0.6 is 11.3 Å². The molecule has 1 radical (unpaired) electrons. The van der Waals surface area contributed by atoms with E-state index in [-0.39, 0.29) is 0 Å². The van der Waals surface area contributed by atoms with Gasteiger partial charge in [0.1, 0.15) is 0 Å². The minimum atomic E-state index is 0.764. The van der Waals surface area contributed by atoms with Crippen LogP contribution in [0, 0.1) is 0 Å². The molecule has 1 aromatic carbocycles. The summed E-state index contributed by atoms with van der Waals surface area (Å²) in [4.78, 5) is 1.56. The van der Waals surface area contributed by atoms with Crippen molar-refractivity contribution in [3.05, 3.63) is 35.2 Å². The van der Waals surface area contributed by atoms with Gasteiger partial charge in [0.15, 0.2) is 0 Å². The Morgan fingerprint density at radius 3 is 2.73 bits per heavy atom. The summed E-state index contributed by atoms with van der Waals surface area (Å²) < 4.78 is 1.43. The topological polar surface area (TPSA) is 14.1 Å². The molecule has 2 aromatic rings. The summed E-state index contributed by atoms with van der Waals surface area (Å²) in [6, 6.07) is 11.0. The Kier molecular flexibility index (Phi) is 2.47. The van der Waals surface area contributed by atoms with Crippen molar-refractivity contribution in [1.82, 2.24) is 5.32 Å². The van der Waals surface area contributed by atoms with Gasteiger partial charge in [-0.2, -0.15) is 0 Å². The summed E-state index contributed by atoms with van der Waals surface area (Å²) in [5.41, 5.74) is 0. The summed E-state index contributed by atoms with van der Waals surface area (Å²) in [6.45, 7) is 2.11. The van der Waals surface area contributed by atoms with E-state index in [4.69, 9.17) is 0 Å².